The highest BCUT2D eigenvalue weighted by Crippen LogP contribution is 2.69. The number of carbonyl (C=O) groups is 2. The molecule has 4 fully saturated rings. The lowest BCUT2D eigenvalue weighted by Crippen LogP contribution is -2.61. The first kappa shape index (κ1) is 22.3. The second-order valence-electron chi connectivity index (χ2n) is 11.8. The maximum Gasteiger partial charge on any atom is 0.303 e. The molecule has 0 radical (unpaired) electrons. The Morgan fingerprint density at radius 3 is 2.47 bits per heavy atom. The van der Waals surface area contributed by atoms with Crippen LogP contribution in [0.5, 0.6) is 0 Å². The molecule has 2 N–H and O–H groups in total. The summed E-state index contributed by atoms with van der Waals surface area (Å²) in [5.74, 6) is 2.69. The Labute approximate surface area is 182 Å². The minimum Gasteiger partial charge on any atom is -0.481 e. The molecule has 0 bridgehead atoms. The number of carboxylic acids is 1. The van der Waals surface area contributed by atoms with E-state index in [-0.39, 0.29) is 29.3 Å². The van der Waals surface area contributed by atoms with E-state index in [4.69, 9.17) is 5.11 Å². The summed E-state index contributed by atoms with van der Waals surface area (Å²) < 4.78 is 0. The van der Waals surface area contributed by atoms with E-state index >= 15 is 0 Å². The third-order valence-corrected chi connectivity index (χ3v) is 10.8. The Bertz CT molecular complexity index is 689. The number of rotatable bonds is 5. The van der Waals surface area contributed by atoms with Crippen LogP contribution in [0.2, 0.25) is 0 Å². The summed E-state index contributed by atoms with van der Waals surface area (Å²) in [5, 5.41) is 20.8. The fraction of sp³-hybridized carbons (Fsp3) is 0.923. The van der Waals surface area contributed by atoms with Gasteiger partial charge in [-0.1, -0.05) is 34.1 Å². The van der Waals surface area contributed by atoms with Crippen molar-refractivity contribution >= 4 is 11.8 Å². The Morgan fingerprint density at radius 2 is 1.80 bits per heavy atom. The summed E-state index contributed by atoms with van der Waals surface area (Å²) in [4.78, 5) is 23.4. The molecule has 4 nitrogen and oxygen atoms in total. The van der Waals surface area contributed by atoms with Gasteiger partial charge in [0, 0.05) is 19.3 Å². The number of hydrogen-bond acceptors (Lipinski definition) is 3. The van der Waals surface area contributed by atoms with Crippen molar-refractivity contribution in [1.29, 1.82) is 0 Å². The first-order valence-electron chi connectivity index (χ1n) is 12.5. The monoisotopic (exact) mass is 418 g/mol. The zero-order chi connectivity index (χ0) is 21.8. The van der Waals surface area contributed by atoms with Gasteiger partial charge in [0.25, 0.3) is 0 Å². The molecular formula is C26H42O4. The third-order valence-electron chi connectivity index (χ3n) is 10.8. The van der Waals surface area contributed by atoms with Gasteiger partial charge in [-0.15, -0.1) is 0 Å². The number of aliphatic carboxylic acids is 1. The van der Waals surface area contributed by atoms with Gasteiger partial charge in [0.15, 0.2) is 0 Å². The molecule has 1 unspecified atom stereocenters. The lowest BCUT2D eigenvalue weighted by atomic mass is 9.41. The zero-order valence-electron chi connectivity index (χ0n) is 19.4. The van der Waals surface area contributed by atoms with Crippen LogP contribution in [0.1, 0.15) is 91.9 Å². The van der Waals surface area contributed by atoms with Crippen LogP contribution >= 0.6 is 0 Å². The molecular weight excluding hydrogens is 376 g/mol. The number of ketones is 1. The Balaban J connectivity index is 1.62. The topological polar surface area (TPSA) is 74.6 Å². The predicted octanol–water partition coefficient (Wildman–Crippen LogP) is 5.32. The minimum absolute atomic E-state index is 0.187. The lowest BCUT2D eigenvalue weighted by Gasteiger charge is -2.64. The molecule has 0 heterocycles. The number of aliphatic hydroxyl groups is 1. The van der Waals surface area contributed by atoms with E-state index < -0.39 is 5.97 Å². The molecule has 0 amide bonds. The molecule has 4 aliphatic carbocycles. The van der Waals surface area contributed by atoms with Crippen molar-refractivity contribution in [3.05, 3.63) is 0 Å². The van der Waals surface area contributed by atoms with Crippen molar-refractivity contribution < 1.29 is 19.8 Å². The van der Waals surface area contributed by atoms with Crippen LogP contribution in [-0.2, 0) is 9.59 Å². The van der Waals surface area contributed by atoms with Gasteiger partial charge in [0.1, 0.15) is 5.78 Å². The van der Waals surface area contributed by atoms with Crippen molar-refractivity contribution in [3.63, 3.8) is 0 Å². The van der Waals surface area contributed by atoms with Crippen molar-refractivity contribution in [2.45, 2.75) is 98.0 Å². The molecule has 4 aliphatic rings. The first-order chi connectivity index (χ1) is 14.1. The number of fused-ring (bicyclic) bond motifs is 5. The summed E-state index contributed by atoms with van der Waals surface area (Å²) in [6.45, 7) is 9.35. The van der Waals surface area contributed by atoms with Gasteiger partial charge in [0.2, 0.25) is 0 Å². The van der Waals surface area contributed by atoms with E-state index in [1.54, 1.807) is 0 Å². The van der Waals surface area contributed by atoms with Crippen molar-refractivity contribution in [2.24, 2.45) is 52.3 Å². The van der Waals surface area contributed by atoms with Crippen LogP contribution in [0.15, 0.2) is 0 Å². The normalized spacial score (nSPS) is 49.1. The molecule has 170 valence electrons. The molecule has 4 rings (SSSR count). The van der Waals surface area contributed by atoms with E-state index in [2.05, 4.69) is 27.7 Å². The standard InChI is InChI=1S/C26H42O4/c1-5-17-21-14-16(27)10-12-26(21,4)20-11-13-25(3)18(15(2)6-9-22(28)29)7-8-19(25)23(20)24(17)30/h15,17-21,23-24,30H,5-14H2,1-4H3,(H,28,29)/t15-,17-,18-,19+,20+,21?,23+,24-,25-,26-/m1/s1. The van der Waals surface area contributed by atoms with Crippen LogP contribution in [0.4, 0.5) is 0 Å². The van der Waals surface area contributed by atoms with Crippen LogP contribution in [0.25, 0.3) is 0 Å². The Morgan fingerprint density at radius 1 is 1.10 bits per heavy atom. The molecule has 0 aromatic carbocycles. The zero-order valence-corrected chi connectivity index (χ0v) is 19.4. The average Bonchev–Trinajstić information content (AvgIpc) is 3.05. The third kappa shape index (κ3) is 3.27. The molecule has 0 aromatic heterocycles. The second-order valence-corrected chi connectivity index (χ2v) is 11.8. The van der Waals surface area contributed by atoms with Gasteiger partial charge in [-0.05, 0) is 90.8 Å². The number of hydrogen-bond donors (Lipinski definition) is 2. The van der Waals surface area contributed by atoms with Gasteiger partial charge < -0.3 is 10.2 Å². The van der Waals surface area contributed by atoms with Crippen LogP contribution in [0.3, 0.4) is 0 Å². The quantitative estimate of drug-likeness (QED) is 0.633. The highest BCUT2D eigenvalue weighted by molar-refractivity contribution is 5.79. The largest absolute Gasteiger partial charge is 0.481 e. The molecule has 10 atom stereocenters. The highest BCUT2D eigenvalue weighted by atomic mass is 16.4. The van der Waals surface area contributed by atoms with E-state index in [1.165, 1.54) is 19.3 Å². The number of aliphatic hydroxyl groups excluding tert-OH is 1. The molecule has 0 aliphatic heterocycles. The Hall–Kier alpha value is -0.900. The highest BCUT2D eigenvalue weighted by Gasteiger charge is 2.64. The van der Waals surface area contributed by atoms with Gasteiger partial charge in [-0.25, -0.2) is 0 Å². The fourth-order valence-electron chi connectivity index (χ4n) is 9.29. The summed E-state index contributed by atoms with van der Waals surface area (Å²) in [5.41, 5.74) is 0.402. The van der Waals surface area contributed by atoms with Crippen molar-refractivity contribution in [3.8, 4) is 0 Å². The van der Waals surface area contributed by atoms with Gasteiger partial charge in [-0.2, -0.15) is 0 Å². The van der Waals surface area contributed by atoms with E-state index in [1.807, 2.05) is 0 Å². The van der Waals surface area contributed by atoms with E-state index in [0.29, 0.717) is 47.7 Å². The van der Waals surface area contributed by atoms with E-state index in [0.717, 1.165) is 32.1 Å². The van der Waals surface area contributed by atoms with Gasteiger partial charge in [-0.3, -0.25) is 9.59 Å². The Kier molecular flexibility index (Phi) is 5.87. The average molecular weight is 419 g/mol. The summed E-state index contributed by atoms with van der Waals surface area (Å²) in [6.07, 6.45) is 8.79. The smallest absolute Gasteiger partial charge is 0.303 e. The first-order valence-corrected chi connectivity index (χ1v) is 12.5. The van der Waals surface area contributed by atoms with Crippen LogP contribution < -0.4 is 0 Å². The van der Waals surface area contributed by atoms with Gasteiger partial charge >= 0.3 is 5.97 Å². The predicted molar refractivity (Wildman–Crippen MR) is 117 cm³/mol. The minimum atomic E-state index is -0.690. The summed E-state index contributed by atoms with van der Waals surface area (Å²) >= 11 is 0. The number of carbonyl (C=O) groups excluding carboxylic acids is 1. The second kappa shape index (κ2) is 7.90. The molecule has 4 saturated carbocycles. The molecule has 0 aromatic rings. The lowest BCUT2D eigenvalue weighted by molar-refractivity contribution is -0.194. The molecule has 0 saturated heterocycles. The molecule has 0 spiro atoms. The maximum absolute atomic E-state index is 12.3. The van der Waals surface area contributed by atoms with Crippen LogP contribution in [0, 0.1) is 52.3 Å². The SMILES string of the molecule is CC[C@@H]1C2CC(=O)CC[C@]2(C)[C@H]2CC[C@]3(C)[C@@H]([C@H](C)CCC(=O)O)CC[C@H]3[C@@H]2[C@@H]1O. The maximum atomic E-state index is 12.3. The van der Waals surface area contributed by atoms with E-state index in [9.17, 15) is 14.7 Å². The number of carboxylic acid groups (broad SMARTS) is 1. The molecule has 4 heteroatoms. The van der Waals surface area contributed by atoms with Crippen molar-refractivity contribution in [1.82, 2.24) is 0 Å². The summed E-state index contributed by atoms with van der Waals surface area (Å²) in [6, 6.07) is 0. The van der Waals surface area contributed by atoms with Crippen LogP contribution in [-0.4, -0.2) is 28.1 Å². The van der Waals surface area contributed by atoms with Gasteiger partial charge in [0.05, 0.1) is 6.10 Å². The molecule has 30 heavy (non-hydrogen) atoms. The van der Waals surface area contributed by atoms with Crippen molar-refractivity contribution in [2.75, 3.05) is 0 Å². The number of Topliss-reactive ketones (excluding diaryl/α,β-unsaturated/α-hetero) is 1. The fourth-order valence-corrected chi connectivity index (χ4v) is 9.29. The summed E-state index contributed by atoms with van der Waals surface area (Å²) in [7, 11) is 0.